The van der Waals surface area contributed by atoms with E-state index in [2.05, 4.69) is 29.5 Å². The largest absolute Gasteiger partial charge is 0.433 e. The second-order valence-corrected chi connectivity index (χ2v) is 7.43. The number of amides is 2. The Morgan fingerprint density at radius 2 is 1.71 bits per heavy atom. The van der Waals surface area contributed by atoms with Gasteiger partial charge >= 0.3 is 6.09 Å². The van der Waals surface area contributed by atoms with E-state index in [1.807, 2.05) is 42.5 Å². The molecule has 0 saturated carbocycles. The highest BCUT2D eigenvalue weighted by Crippen LogP contribution is 2.19. The van der Waals surface area contributed by atoms with E-state index in [0.29, 0.717) is 25.4 Å². The zero-order valence-electron chi connectivity index (χ0n) is 16.8. The molecule has 6 nitrogen and oxygen atoms in total. The lowest BCUT2D eigenvalue weighted by Gasteiger charge is -2.29. The average molecular weight is 383 g/mol. The van der Waals surface area contributed by atoms with Crippen molar-refractivity contribution in [3.8, 4) is 0 Å². The zero-order chi connectivity index (χ0) is 20.4. The van der Waals surface area contributed by atoms with E-state index in [-0.39, 0.29) is 5.91 Å². The third-order valence-corrected chi connectivity index (χ3v) is 4.38. The second-order valence-electron chi connectivity index (χ2n) is 7.43. The molecule has 0 aliphatic carbocycles. The first-order valence-corrected chi connectivity index (χ1v) is 9.57. The maximum Gasteiger partial charge on any atom is 0.408 e. The highest BCUT2D eigenvalue weighted by Gasteiger charge is 2.37. The molecule has 2 N–H and O–H groups in total. The predicted molar refractivity (Wildman–Crippen MR) is 109 cm³/mol. The van der Waals surface area contributed by atoms with Crippen molar-refractivity contribution in [1.29, 1.82) is 0 Å². The van der Waals surface area contributed by atoms with Gasteiger partial charge in [0, 0.05) is 31.9 Å². The van der Waals surface area contributed by atoms with Gasteiger partial charge in [-0.1, -0.05) is 44.2 Å². The summed E-state index contributed by atoms with van der Waals surface area (Å²) >= 11 is 0. The van der Waals surface area contributed by atoms with Crippen LogP contribution < -0.4 is 10.6 Å². The fourth-order valence-corrected chi connectivity index (χ4v) is 2.72. The minimum atomic E-state index is -1.30. The molecule has 1 aromatic carbocycles. The number of hydrogen-bond acceptors (Lipinski definition) is 4. The molecule has 0 spiro atoms. The molecule has 2 aromatic rings. The van der Waals surface area contributed by atoms with Crippen molar-refractivity contribution < 1.29 is 14.3 Å². The van der Waals surface area contributed by atoms with Crippen molar-refractivity contribution in [2.24, 2.45) is 5.92 Å². The van der Waals surface area contributed by atoms with E-state index in [1.165, 1.54) is 0 Å². The lowest BCUT2D eigenvalue weighted by atomic mass is 9.95. The van der Waals surface area contributed by atoms with E-state index in [1.54, 1.807) is 19.3 Å². The van der Waals surface area contributed by atoms with Crippen LogP contribution in [0.5, 0.6) is 0 Å². The van der Waals surface area contributed by atoms with Gasteiger partial charge in [-0.3, -0.25) is 9.78 Å². The van der Waals surface area contributed by atoms with Crippen LogP contribution in [0, 0.1) is 5.92 Å². The first kappa shape index (κ1) is 21.4. The van der Waals surface area contributed by atoms with Crippen LogP contribution in [0.2, 0.25) is 0 Å². The molecular weight excluding hydrogens is 354 g/mol. The van der Waals surface area contributed by atoms with E-state index in [4.69, 9.17) is 4.74 Å². The van der Waals surface area contributed by atoms with Gasteiger partial charge in [0.05, 0.1) is 0 Å². The monoisotopic (exact) mass is 383 g/mol. The average Bonchev–Trinajstić information content (AvgIpc) is 2.67. The predicted octanol–water partition coefficient (Wildman–Crippen LogP) is 3.47. The summed E-state index contributed by atoms with van der Waals surface area (Å²) in [6.07, 6.45) is 3.84. The molecule has 28 heavy (non-hydrogen) atoms. The summed E-state index contributed by atoms with van der Waals surface area (Å²) in [6, 6.07) is 13.2. The van der Waals surface area contributed by atoms with Crippen LogP contribution in [0.1, 0.15) is 38.3 Å². The second kappa shape index (κ2) is 10.4. The Labute approximate surface area is 166 Å². The van der Waals surface area contributed by atoms with Crippen molar-refractivity contribution >= 4 is 12.0 Å². The molecule has 0 fully saturated rings. The van der Waals surface area contributed by atoms with Crippen LogP contribution in [-0.2, 0) is 22.5 Å². The zero-order valence-corrected chi connectivity index (χ0v) is 16.8. The summed E-state index contributed by atoms with van der Waals surface area (Å²) in [5.74, 6) is 0.182. The first-order valence-electron chi connectivity index (χ1n) is 9.57. The van der Waals surface area contributed by atoms with Crippen LogP contribution in [0.25, 0.3) is 0 Å². The van der Waals surface area contributed by atoms with Crippen molar-refractivity contribution in [3.05, 3.63) is 66.0 Å². The molecule has 0 aliphatic heterocycles. The molecule has 0 bridgehead atoms. The third kappa shape index (κ3) is 7.02. The van der Waals surface area contributed by atoms with Crippen molar-refractivity contribution in [2.45, 2.75) is 45.8 Å². The van der Waals surface area contributed by atoms with Gasteiger partial charge in [0.15, 0.2) is 5.60 Å². The van der Waals surface area contributed by atoms with Crippen molar-refractivity contribution in [1.82, 2.24) is 15.6 Å². The number of hydrogen-bond donors (Lipinski definition) is 2. The lowest BCUT2D eigenvalue weighted by Crippen LogP contribution is -2.51. The molecule has 150 valence electrons. The van der Waals surface area contributed by atoms with Gasteiger partial charge < -0.3 is 15.4 Å². The number of nitrogens with one attached hydrogen (secondary N) is 2. The molecule has 1 aromatic heterocycles. The number of carbonyl (C=O) groups is 2. The number of alkyl carbamates (subject to hydrolysis) is 1. The Balaban J connectivity index is 2.03. The summed E-state index contributed by atoms with van der Waals surface area (Å²) in [6.45, 7) is 6.69. The summed E-state index contributed by atoms with van der Waals surface area (Å²) < 4.78 is 5.61. The number of benzene rings is 1. The Morgan fingerprint density at radius 1 is 1.04 bits per heavy atom. The smallest absolute Gasteiger partial charge is 0.408 e. The van der Waals surface area contributed by atoms with Crippen LogP contribution in [-0.4, -0.2) is 29.1 Å². The molecule has 1 atom stereocenters. The topological polar surface area (TPSA) is 80.3 Å². The number of carbonyl (C=O) groups excluding carboxylic acids is 2. The highest BCUT2D eigenvalue weighted by atomic mass is 16.6. The van der Waals surface area contributed by atoms with E-state index < -0.39 is 11.7 Å². The molecular formula is C22H29N3O3. The van der Waals surface area contributed by atoms with Gasteiger partial charge in [-0.05, 0) is 42.5 Å². The fourth-order valence-electron chi connectivity index (χ4n) is 2.72. The molecule has 0 aliphatic rings. The van der Waals surface area contributed by atoms with E-state index in [9.17, 15) is 9.59 Å². The Bertz CT molecular complexity index is 750. The van der Waals surface area contributed by atoms with Crippen molar-refractivity contribution in [2.75, 3.05) is 6.54 Å². The maximum absolute atomic E-state index is 12.8. The molecule has 0 saturated heterocycles. The molecule has 0 radical (unpaired) electrons. The van der Waals surface area contributed by atoms with Gasteiger partial charge in [0.2, 0.25) is 0 Å². The summed E-state index contributed by atoms with van der Waals surface area (Å²) in [7, 11) is 0. The fraction of sp³-hybridized carbons (Fsp3) is 0.409. The van der Waals surface area contributed by atoms with Crippen LogP contribution >= 0.6 is 0 Å². The number of rotatable bonds is 9. The van der Waals surface area contributed by atoms with Crippen LogP contribution in [0.3, 0.4) is 0 Å². The SMILES string of the molecule is CC(C)CCNC(=O)[C@](C)(Cc1ccccc1)OC(=O)NCc1ccncc1. The van der Waals surface area contributed by atoms with Gasteiger partial charge in [0.25, 0.3) is 5.91 Å². The lowest BCUT2D eigenvalue weighted by molar-refractivity contribution is -0.138. The number of nitrogens with zero attached hydrogens (tertiary/aromatic N) is 1. The molecule has 2 rings (SSSR count). The van der Waals surface area contributed by atoms with Crippen LogP contribution in [0.4, 0.5) is 4.79 Å². The number of ether oxygens (including phenoxy) is 1. The molecule has 6 heteroatoms. The highest BCUT2D eigenvalue weighted by molar-refractivity contribution is 5.87. The van der Waals surface area contributed by atoms with Gasteiger partial charge in [-0.25, -0.2) is 4.79 Å². The Hall–Kier alpha value is -2.89. The third-order valence-electron chi connectivity index (χ3n) is 4.38. The Morgan fingerprint density at radius 3 is 2.36 bits per heavy atom. The summed E-state index contributed by atoms with van der Waals surface area (Å²) in [5.41, 5.74) is 0.518. The molecule has 0 unspecified atom stereocenters. The number of aromatic nitrogens is 1. The van der Waals surface area contributed by atoms with Crippen molar-refractivity contribution in [3.63, 3.8) is 0 Å². The standard InChI is InChI=1S/C22H29N3O3/c1-17(2)9-14-24-20(26)22(3,15-18-7-5-4-6-8-18)28-21(27)25-16-19-10-12-23-13-11-19/h4-8,10-13,17H,9,14-16H2,1-3H3,(H,24,26)(H,25,27)/t22-/m0/s1. The van der Waals surface area contributed by atoms with E-state index >= 15 is 0 Å². The minimum absolute atomic E-state index is 0.295. The van der Waals surface area contributed by atoms with E-state index in [0.717, 1.165) is 17.5 Å². The quantitative estimate of drug-likeness (QED) is 0.695. The molecule has 2 amide bonds. The van der Waals surface area contributed by atoms with Gasteiger partial charge in [-0.15, -0.1) is 0 Å². The normalized spacial score (nSPS) is 12.9. The maximum atomic E-state index is 12.8. The Kier molecular flexibility index (Phi) is 7.99. The summed E-state index contributed by atoms with van der Waals surface area (Å²) in [5, 5.41) is 5.60. The first-order chi connectivity index (χ1) is 13.4. The van der Waals surface area contributed by atoms with Gasteiger partial charge in [-0.2, -0.15) is 0 Å². The van der Waals surface area contributed by atoms with Gasteiger partial charge in [0.1, 0.15) is 0 Å². The van der Waals surface area contributed by atoms with Crippen LogP contribution in [0.15, 0.2) is 54.9 Å². The number of pyridine rings is 1. The summed E-state index contributed by atoms with van der Waals surface area (Å²) in [4.78, 5) is 29.2. The minimum Gasteiger partial charge on any atom is -0.433 e. The molecule has 1 heterocycles.